The Balaban J connectivity index is 1.48. The van der Waals surface area contributed by atoms with Crippen molar-refractivity contribution in [2.24, 2.45) is 0 Å². The van der Waals surface area contributed by atoms with E-state index in [1.54, 1.807) is 60.7 Å². The van der Waals surface area contributed by atoms with E-state index < -0.39 is 0 Å². The average molecular weight is 448 g/mol. The number of hydrogen-bond acceptors (Lipinski definition) is 4. The highest BCUT2D eigenvalue weighted by Crippen LogP contribution is 2.31. The molecule has 1 N–H and O–H groups in total. The van der Waals surface area contributed by atoms with E-state index in [0.29, 0.717) is 49.1 Å². The first-order chi connectivity index (χ1) is 14.0. The highest BCUT2D eigenvalue weighted by Gasteiger charge is 2.12. The number of nitrogens with one attached hydrogen (secondary N) is 1. The van der Waals surface area contributed by atoms with Crippen LogP contribution in [0.5, 0.6) is 5.75 Å². The lowest BCUT2D eigenvalue weighted by atomic mass is 10.2. The lowest BCUT2D eigenvalue weighted by Gasteiger charge is -2.08. The number of anilines is 1. The molecule has 0 atom stereocenters. The Morgan fingerprint density at radius 2 is 1.79 bits per heavy atom. The van der Waals surface area contributed by atoms with Gasteiger partial charge in [0.05, 0.1) is 15.1 Å². The van der Waals surface area contributed by atoms with Crippen molar-refractivity contribution in [3.63, 3.8) is 0 Å². The molecular weight excluding hydrogens is 435 g/mol. The zero-order valence-corrected chi connectivity index (χ0v) is 17.1. The number of benzene rings is 3. The maximum Gasteiger partial charge on any atom is 0.262 e. The number of rotatable bonds is 5. The van der Waals surface area contributed by atoms with Crippen molar-refractivity contribution in [3.8, 4) is 17.2 Å². The van der Waals surface area contributed by atoms with Crippen LogP contribution < -0.4 is 10.1 Å². The summed E-state index contributed by atoms with van der Waals surface area (Å²) < 4.78 is 11.2. The van der Waals surface area contributed by atoms with Gasteiger partial charge in [0.25, 0.3) is 5.91 Å². The second kappa shape index (κ2) is 8.33. The number of amides is 1. The third-order valence-electron chi connectivity index (χ3n) is 4.03. The summed E-state index contributed by atoms with van der Waals surface area (Å²) >= 11 is 18.0. The van der Waals surface area contributed by atoms with Crippen LogP contribution in [0.4, 0.5) is 5.69 Å². The van der Waals surface area contributed by atoms with Crippen LogP contribution in [0, 0.1) is 0 Å². The van der Waals surface area contributed by atoms with E-state index in [9.17, 15) is 4.79 Å². The number of oxazole rings is 1. The van der Waals surface area contributed by atoms with E-state index in [-0.39, 0.29) is 12.5 Å². The molecular formula is C21H13Cl3N2O3. The molecule has 29 heavy (non-hydrogen) atoms. The van der Waals surface area contributed by atoms with Crippen LogP contribution in [-0.4, -0.2) is 17.5 Å². The number of aromatic nitrogens is 1. The first-order valence-corrected chi connectivity index (χ1v) is 9.66. The monoisotopic (exact) mass is 446 g/mol. The minimum atomic E-state index is -0.322. The molecule has 4 rings (SSSR count). The molecule has 146 valence electrons. The van der Waals surface area contributed by atoms with E-state index in [2.05, 4.69) is 10.3 Å². The van der Waals surface area contributed by atoms with E-state index in [1.165, 1.54) is 0 Å². The van der Waals surface area contributed by atoms with Crippen LogP contribution in [0.15, 0.2) is 65.1 Å². The first kappa shape index (κ1) is 19.6. The molecule has 4 aromatic rings. The first-order valence-electron chi connectivity index (χ1n) is 8.53. The van der Waals surface area contributed by atoms with Gasteiger partial charge in [-0.25, -0.2) is 4.98 Å². The molecule has 0 unspecified atom stereocenters. The van der Waals surface area contributed by atoms with E-state index in [0.717, 1.165) is 0 Å². The number of carbonyl (C=O) groups is 1. The fraction of sp³-hybridized carbons (Fsp3) is 0.0476. The van der Waals surface area contributed by atoms with Gasteiger partial charge in [0.15, 0.2) is 12.2 Å². The third kappa shape index (κ3) is 4.48. The molecule has 5 nitrogen and oxygen atoms in total. The maximum atomic E-state index is 12.2. The number of nitrogens with zero attached hydrogens (tertiary/aromatic N) is 1. The van der Waals surface area contributed by atoms with E-state index >= 15 is 0 Å². The molecule has 0 bridgehead atoms. The smallest absolute Gasteiger partial charge is 0.262 e. The molecule has 1 amide bonds. The predicted octanol–water partition coefficient (Wildman–Crippen LogP) is 6.47. The molecule has 0 saturated heterocycles. The van der Waals surface area contributed by atoms with E-state index in [4.69, 9.17) is 44.0 Å². The summed E-state index contributed by atoms with van der Waals surface area (Å²) in [4.78, 5) is 16.6. The number of carbonyl (C=O) groups excluding carboxylic acids is 1. The van der Waals surface area contributed by atoms with Gasteiger partial charge in [-0.15, -0.1) is 0 Å². The van der Waals surface area contributed by atoms with Crippen LogP contribution >= 0.6 is 34.8 Å². The molecule has 8 heteroatoms. The Bertz CT molecular complexity index is 1210. The number of ether oxygens (including phenoxy) is 1. The van der Waals surface area contributed by atoms with Crippen molar-refractivity contribution in [1.82, 2.24) is 4.98 Å². The summed E-state index contributed by atoms with van der Waals surface area (Å²) in [6, 6.07) is 17.3. The SMILES string of the molecule is O=C(COc1ccccc1Cl)Nc1ccc2oc(-c3ccc(Cl)c(Cl)c3)nc2c1. The summed E-state index contributed by atoms with van der Waals surface area (Å²) in [6.07, 6.45) is 0. The van der Waals surface area contributed by atoms with Gasteiger partial charge in [-0.05, 0) is 48.5 Å². The quantitative estimate of drug-likeness (QED) is 0.381. The van der Waals surface area contributed by atoms with Gasteiger partial charge < -0.3 is 14.5 Å². The second-order valence-corrected chi connectivity index (χ2v) is 7.32. The van der Waals surface area contributed by atoms with Crippen molar-refractivity contribution in [2.45, 2.75) is 0 Å². The fourth-order valence-corrected chi connectivity index (χ4v) is 3.15. The van der Waals surface area contributed by atoms with Gasteiger partial charge >= 0.3 is 0 Å². The highest BCUT2D eigenvalue weighted by atomic mass is 35.5. The molecule has 3 aromatic carbocycles. The summed E-state index contributed by atoms with van der Waals surface area (Å²) in [5.41, 5.74) is 2.45. The Hall–Kier alpha value is -2.73. The molecule has 0 aliphatic heterocycles. The number of hydrogen-bond donors (Lipinski definition) is 1. The lowest BCUT2D eigenvalue weighted by Crippen LogP contribution is -2.20. The Morgan fingerprint density at radius 1 is 0.966 bits per heavy atom. The number of fused-ring (bicyclic) bond motifs is 1. The standard InChI is InChI=1S/C21H13Cl3N2O3/c22-14-7-5-12(9-16(14)24)21-26-17-10-13(6-8-19(17)29-21)25-20(27)11-28-18-4-2-1-3-15(18)23/h1-10H,11H2,(H,25,27). The summed E-state index contributed by atoms with van der Waals surface area (Å²) in [5.74, 6) is 0.532. The Morgan fingerprint density at radius 3 is 2.59 bits per heavy atom. The van der Waals surface area contributed by atoms with Crippen LogP contribution in [-0.2, 0) is 4.79 Å². The maximum absolute atomic E-state index is 12.2. The summed E-state index contributed by atoms with van der Waals surface area (Å²) in [7, 11) is 0. The minimum Gasteiger partial charge on any atom is -0.482 e. The van der Waals surface area contributed by atoms with Crippen LogP contribution in [0.25, 0.3) is 22.6 Å². The zero-order chi connectivity index (χ0) is 20.4. The Kier molecular flexibility index (Phi) is 5.62. The van der Waals surface area contributed by atoms with E-state index in [1.807, 2.05) is 0 Å². The number of para-hydroxylation sites is 1. The van der Waals surface area contributed by atoms with Gasteiger partial charge in [0.1, 0.15) is 11.3 Å². The molecule has 0 fully saturated rings. The van der Waals surface area contributed by atoms with Gasteiger partial charge in [-0.2, -0.15) is 0 Å². The largest absolute Gasteiger partial charge is 0.482 e. The normalized spacial score (nSPS) is 10.9. The van der Waals surface area contributed by atoms with Crippen molar-refractivity contribution in [2.75, 3.05) is 11.9 Å². The molecule has 0 saturated carbocycles. The van der Waals surface area contributed by atoms with Gasteiger partial charge in [-0.1, -0.05) is 46.9 Å². The van der Waals surface area contributed by atoms with Crippen LogP contribution in [0.2, 0.25) is 15.1 Å². The Labute approximate surface area is 181 Å². The minimum absolute atomic E-state index is 0.172. The fourth-order valence-electron chi connectivity index (χ4n) is 2.66. The van der Waals surface area contributed by atoms with Crippen molar-refractivity contribution in [1.29, 1.82) is 0 Å². The molecule has 0 aliphatic rings. The molecule has 1 aromatic heterocycles. The summed E-state index contributed by atoms with van der Waals surface area (Å²) in [5, 5.41) is 4.07. The van der Waals surface area contributed by atoms with Crippen molar-refractivity contribution >= 4 is 57.5 Å². The molecule has 0 aliphatic carbocycles. The zero-order valence-electron chi connectivity index (χ0n) is 14.8. The predicted molar refractivity (Wildman–Crippen MR) is 115 cm³/mol. The second-order valence-electron chi connectivity index (χ2n) is 6.10. The molecule has 0 spiro atoms. The summed E-state index contributed by atoms with van der Waals surface area (Å²) in [6.45, 7) is -0.172. The van der Waals surface area contributed by atoms with Crippen molar-refractivity contribution in [3.05, 3.63) is 75.7 Å². The van der Waals surface area contributed by atoms with Gasteiger partial charge in [0, 0.05) is 11.3 Å². The number of halogens is 3. The van der Waals surface area contributed by atoms with Gasteiger partial charge in [0.2, 0.25) is 5.89 Å². The lowest BCUT2D eigenvalue weighted by molar-refractivity contribution is -0.118. The van der Waals surface area contributed by atoms with Crippen LogP contribution in [0.1, 0.15) is 0 Å². The topological polar surface area (TPSA) is 64.4 Å². The molecule has 0 radical (unpaired) electrons. The van der Waals surface area contributed by atoms with Crippen molar-refractivity contribution < 1.29 is 13.9 Å². The third-order valence-corrected chi connectivity index (χ3v) is 5.08. The molecule has 1 heterocycles. The highest BCUT2D eigenvalue weighted by molar-refractivity contribution is 6.42. The van der Waals surface area contributed by atoms with Gasteiger partial charge in [-0.3, -0.25) is 4.79 Å². The van der Waals surface area contributed by atoms with Crippen LogP contribution in [0.3, 0.4) is 0 Å². The average Bonchev–Trinajstić information content (AvgIpc) is 3.13.